The lowest BCUT2D eigenvalue weighted by molar-refractivity contribution is 0.825. The molecule has 2 heterocycles. The van der Waals surface area contributed by atoms with E-state index in [0.717, 1.165) is 28.1 Å². The molecule has 0 aliphatic carbocycles. The second kappa shape index (κ2) is 9.30. The summed E-state index contributed by atoms with van der Waals surface area (Å²) in [7, 11) is 0. The van der Waals surface area contributed by atoms with Crippen LogP contribution in [0.4, 0.5) is 17.3 Å². The van der Waals surface area contributed by atoms with E-state index in [0.29, 0.717) is 17.3 Å². The second-order valence-corrected chi connectivity index (χ2v) is 10.0. The zero-order chi connectivity index (χ0) is 26.4. The van der Waals surface area contributed by atoms with Crippen LogP contribution in [0.5, 0.6) is 0 Å². The lowest BCUT2D eigenvalue weighted by atomic mass is 10.1. The highest BCUT2D eigenvalue weighted by atomic mass is 15.3. The van der Waals surface area contributed by atoms with Crippen LogP contribution in [0, 0.1) is 34.6 Å². The molecule has 0 aliphatic rings. The van der Waals surface area contributed by atoms with Crippen LogP contribution < -0.4 is 10.9 Å². The third-order valence-corrected chi connectivity index (χ3v) is 6.93. The number of rotatable bonds is 4. The molecule has 1 N–H and O–H groups in total. The maximum atomic E-state index is 5.21. The average Bonchev–Trinajstić information content (AvgIpc) is 3.24. The predicted molar refractivity (Wildman–Crippen MR) is 155 cm³/mol. The fourth-order valence-electron chi connectivity index (χ4n) is 4.55. The van der Waals surface area contributed by atoms with Crippen molar-refractivity contribution in [3.8, 4) is 5.69 Å². The largest absolute Gasteiger partial charge is 0.325 e. The van der Waals surface area contributed by atoms with Crippen molar-refractivity contribution in [3.63, 3.8) is 0 Å². The third-order valence-electron chi connectivity index (χ3n) is 6.93. The Bertz CT molecular complexity index is 1860. The lowest BCUT2D eigenvalue weighted by Gasteiger charge is -2.17. The van der Waals surface area contributed by atoms with Gasteiger partial charge in [0.1, 0.15) is 0 Å². The first kappa shape index (κ1) is 23.7. The van der Waals surface area contributed by atoms with E-state index in [1.807, 2.05) is 12.1 Å². The normalized spacial score (nSPS) is 12.0. The molecule has 188 valence electrons. The molecule has 0 bridgehead atoms. The number of fused-ring (bicyclic) bond motifs is 3. The molecule has 6 heteroatoms. The van der Waals surface area contributed by atoms with E-state index >= 15 is 0 Å². The number of aromatic nitrogens is 4. The van der Waals surface area contributed by atoms with Gasteiger partial charge in [0.15, 0.2) is 0 Å². The number of hydrogen-bond acceptors (Lipinski definition) is 4. The highest BCUT2D eigenvalue weighted by Gasteiger charge is 2.17. The van der Waals surface area contributed by atoms with E-state index in [2.05, 4.69) is 122 Å². The van der Waals surface area contributed by atoms with E-state index in [1.165, 1.54) is 27.8 Å². The molecule has 4 aromatic carbocycles. The Hall–Kier alpha value is -4.71. The topological polar surface area (TPSA) is 59.5 Å². The van der Waals surface area contributed by atoms with Gasteiger partial charge in [0, 0.05) is 5.69 Å². The van der Waals surface area contributed by atoms with Crippen molar-refractivity contribution in [3.05, 3.63) is 118 Å². The molecule has 0 saturated carbocycles. The van der Waals surface area contributed by atoms with E-state index in [-0.39, 0.29) is 0 Å². The van der Waals surface area contributed by atoms with Crippen LogP contribution in [0.25, 0.3) is 22.5 Å². The van der Waals surface area contributed by atoms with Crippen molar-refractivity contribution in [1.82, 2.24) is 18.9 Å². The monoisotopic (exact) mass is 498 g/mol. The molecule has 38 heavy (non-hydrogen) atoms. The Morgan fingerprint density at radius 2 is 1.24 bits per heavy atom. The Labute approximate surface area is 222 Å². The minimum atomic E-state index is 0.592. The van der Waals surface area contributed by atoms with Crippen LogP contribution in [0.3, 0.4) is 0 Å². The van der Waals surface area contributed by atoms with Gasteiger partial charge in [-0.3, -0.25) is 0 Å². The van der Waals surface area contributed by atoms with Gasteiger partial charge in [-0.15, -0.1) is 0 Å². The van der Waals surface area contributed by atoms with Gasteiger partial charge in [0.25, 0.3) is 0 Å². The molecule has 0 spiro atoms. The van der Waals surface area contributed by atoms with Crippen molar-refractivity contribution in [2.24, 2.45) is 4.99 Å². The molecule has 0 aliphatic heterocycles. The van der Waals surface area contributed by atoms with Crippen molar-refractivity contribution in [2.75, 3.05) is 5.32 Å². The predicted octanol–water partition coefficient (Wildman–Crippen LogP) is 7.19. The molecule has 0 atom stereocenters. The Morgan fingerprint density at radius 1 is 0.658 bits per heavy atom. The summed E-state index contributed by atoms with van der Waals surface area (Å²) in [5, 5.41) is 3.55. The van der Waals surface area contributed by atoms with Crippen LogP contribution in [0.1, 0.15) is 27.8 Å². The van der Waals surface area contributed by atoms with Crippen molar-refractivity contribution < 1.29 is 0 Å². The van der Waals surface area contributed by atoms with Crippen LogP contribution >= 0.6 is 0 Å². The zero-order valence-electron chi connectivity index (χ0n) is 22.3. The number of aryl methyl sites for hydroxylation is 5. The first-order valence-corrected chi connectivity index (χ1v) is 12.8. The van der Waals surface area contributed by atoms with Gasteiger partial charge < -0.3 is 5.32 Å². The maximum Gasteiger partial charge on any atom is 0.241 e. The summed E-state index contributed by atoms with van der Waals surface area (Å²) in [5.74, 6) is 1.23. The Morgan fingerprint density at radius 3 is 1.89 bits per heavy atom. The quantitative estimate of drug-likeness (QED) is 0.280. The molecule has 2 aromatic heterocycles. The summed E-state index contributed by atoms with van der Waals surface area (Å²) in [4.78, 5) is 15.2. The number of nitrogens with zero attached hydrogens (tertiary/aromatic N) is 5. The summed E-state index contributed by atoms with van der Waals surface area (Å²) >= 11 is 0. The van der Waals surface area contributed by atoms with Crippen LogP contribution in [0.15, 0.2) is 89.9 Å². The maximum absolute atomic E-state index is 5.21. The molecule has 0 radical (unpaired) electrons. The van der Waals surface area contributed by atoms with Crippen LogP contribution in [-0.4, -0.2) is 18.9 Å². The molecule has 6 nitrogen and oxygen atoms in total. The number of hydrogen-bond donors (Lipinski definition) is 1. The minimum absolute atomic E-state index is 0.592. The first-order chi connectivity index (χ1) is 18.4. The van der Waals surface area contributed by atoms with Crippen molar-refractivity contribution in [2.45, 2.75) is 34.6 Å². The summed E-state index contributed by atoms with van der Waals surface area (Å²) in [6.07, 6.45) is 0. The summed E-state index contributed by atoms with van der Waals surface area (Å²) < 4.78 is 4.13. The van der Waals surface area contributed by atoms with Crippen molar-refractivity contribution >= 4 is 34.1 Å². The second-order valence-electron chi connectivity index (χ2n) is 10.0. The van der Waals surface area contributed by atoms with Gasteiger partial charge in [0.2, 0.25) is 17.3 Å². The Kier molecular flexibility index (Phi) is 5.80. The summed E-state index contributed by atoms with van der Waals surface area (Å²) in [6.45, 7) is 10.5. The minimum Gasteiger partial charge on any atom is -0.325 e. The highest BCUT2D eigenvalue weighted by Crippen LogP contribution is 2.24. The van der Waals surface area contributed by atoms with E-state index in [4.69, 9.17) is 15.0 Å². The van der Waals surface area contributed by atoms with Gasteiger partial charge in [-0.25, -0.2) is 18.9 Å². The molecule has 6 rings (SSSR count). The molecule has 0 fully saturated rings. The summed E-state index contributed by atoms with van der Waals surface area (Å²) in [6, 6.07) is 29.3. The number of anilines is 2. The fourth-order valence-corrected chi connectivity index (χ4v) is 4.55. The molecule has 0 saturated heterocycles. The molecule has 0 amide bonds. The standard InChI is InChI=1S/C32H30N6/c1-20-6-12-25(13-7-20)33-30-36-31-35-28-18-23(4)24(5)19-29(28)38(31)32(34-26-14-8-21(2)9-15-26)37(30)27-16-10-22(3)11-17-27/h6-19H,1-5H3,(H,33,35,36). The number of benzene rings is 4. The number of nitrogens with one attached hydrogen (secondary N) is 1. The molecular formula is C32H30N6. The molecular weight excluding hydrogens is 468 g/mol. The van der Waals surface area contributed by atoms with E-state index in [9.17, 15) is 0 Å². The van der Waals surface area contributed by atoms with Crippen LogP contribution in [0.2, 0.25) is 0 Å². The third kappa shape index (κ3) is 4.34. The Balaban J connectivity index is 1.75. The van der Waals surface area contributed by atoms with Gasteiger partial charge in [0.05, 0.1) is 22.4 Å². The lowest BCUT2D eigenvalue weighted by Crippen LogP contribution is -2.30. The zero-order valence-corrected chi connectivity index (χ0v) is 22.3. The van der Waals surface area contributed by atoms with Gasteiger partial charge in [-0.2, -0.15) is 4.98 Å². The molecule has 6 aromatic rings. The van der Waals surface area contributed by atoms with E-state index in [1.54, 1.807) is 0 Å². The SMILES string of the molecule is Cc1ccc(N=c2n(-c3ccc(C)cc3)c(Nc3ccc(C)cc3)nc3nc4cc(C)c(C)cc4n23)cc1. The number of imidazole rings is 1. The van der Waals surface area contributed by atoms with Gasteiger partial charge >= 0.3 is 0 Å². The first-order valence-electron chi connectivity index (χ1n) is 12.8. The van der Waals surface area contributed by atoms with Crippen molar-refractivity contribution in [1.29, 1.82) is 0 Å². The van der Waals surface area contributed by atoms with Gasteiger partial charge in [-0.05, 0) is 94.3 Å². The fraction of sp³-hybridized carbons (Fsp3) is 0.156. The van der Waals surface area contributed by atoms with E-state index < -0.39 is 0 Å². The van der Waals surface area contributed by atoms with Crippen LogP contribution in [-0.2, 0) is 0 Å². The summed E-state index contributed by atoms with van der Waals surface area (Å²) in [5.41, 5.74) is 11.3. The highest BCUT2D eigenvalue weighted by molar-refractivity contribution is 5.81. The van der Waals surface area contributed by atoms with Gasteiger partial charge in [-0.1, -0.05) is 53.1 Å². The molecule has 0 unspecified atom stereocenters. The smallest absolute Gasteiger partial charge is 0.241 e. The average molecular weight is 499 g/mol.